The predicted molar refractivity (Wildman–Crippen MR) is 112 cm³/mol. The van der Waals surface area contributed by atoms with Gasteiger partial charge in [-0.15, -0.1) is 4.73 Å². The van der Waals surface area contributed by atoms with Gasteiger partial charge in [0, 0.05) is 11.8 Å². The van der Waals surface area contributed by atoms with E-state index in [0.717, 1.165) is 12.8 Å². The Hall–Kier alpha value is -2.15. The maximum atomic E-state index is 12.8. The van der Waals surface area contributed by atoms with Gasteiger partial charge in [-0.3, -0.25) is 4.79 Å². The molecule has 2 heterocycles. The molecule has 1 aromatic heterocycles. The van der Waals surface area contributed by atoms with E-state index in [-0.39, 0.29) is 28.8 Å². The molecule has 1 atom stereocenters. The Labute approximate surface area is 185 Å². The first-order chi connectivity index (χ1) is 15.1. The van der Waals surface area contributed by atoms with Gasteiger partial charge in [0.1, 0.15) is 0 Å². The number of aromatic nitrogens is 2. The molecule has 1 aromatic carbocycles. The molecule has 0 aliphatic carbocycles. The number of rotatable bonds is 7. The Kier molecular flexibility index (Phi) is 7.80. The van der Waals surface area contributed by atoms with Crippen LogP contribution in [0.5, 0.6) is 0 Å². The fourth-order valence-corrected chi connectivity index (χ4v) is 4.62. The number of fused-ring (bicyclic) bond motifs is 1. The Bertz CT molecular complexity index is 1020. The van der Waals surface area contributed by atoms with Gasteiger partial charge < -0.3 is 20.0 Å². The van der Waals surface area contributed by atoms with Gasteiger partial charge in [0.15, 0.2) is 5.82 Å². The summed E-state index contributed by atoms with van der Waals surface area (Å²) in [5.74, 6) is -2.48. The zero-order chi connectivity index (χ0) is 23.5. The number of thioether (sulfide) groups is 1. The normalized spacial score (nSPS) is 16.9. The number of benzene rings is 1. The van der Waals surface area contributed by atoms with Crippen molar-refractivity contribution in [1.82, 2.24) is 14.6 Å². The summed E-state index contributed by atoms with van der Waals surface area (Å²) in [6, 6.07) is 4.73. The van der Waals surface area contributed by atoms with Crippen molar-refractivity contribution in [3.8, 4) is 0 Å². The lowest BCUT2D eigenvalue weighted by Crippen LogP contribution is -2.41. The molecule has 1 aliphatic rings. The Morgan fingerprint density at radius 3 is 2.66 bits per heavy atom. The molecule has 0 bridgehead atoms. The summed E-state index contributed by atoms with van der Waals surface area (Å²) < 4.78 is 38.6. The van der Waals surface area contributed by atoms with E-state index in [1.54, 1.807) is 19.1 Å². The number of likely N-dealkylation sites (tertiary alicyclic amines) is 1. The number of nitrogens with zero attached hydrogens (tertiary/aromatic N) is 3. The largest absolute Gasteiger partial charge is 0.493 e. The number of carbonyl (C=O) groups excluding carboxylic acids is 1. The van der Waals surface area contributed by atoms with E-state index in [0.29, 0.717) is 35.4 Å². The third-order valence-corrected chi connectivity index (χ3v) is 6.56. The van der Waals surface area contributed by atoms with Gasteiger partial charge in [-0.2, -0.15) is 24.9 Å². The van der Waals surface area contributed by atoms with Crippen molar-refractivity contribution in [1.29, 1.82) is 0 Å². The van der Waals surface area contributed by atoms with Crippen molar-refractivity contribution in [3.63, 3.8) is 0 Å². The summed E-state index contributed by atoms with van der Waals surface area (Å²) in [6.07, 6.45) is -4.55. The number of aryl methyl sites for hydroxylation is 1. The Balaban J connectivity index is 1.79. The molecule has 0 spiro atoms. The smallest absolute Gasteiger partial charge is 0.394 e. The summed E-state index contributed by atoms with van der Waals surface area (Å²) >= 11 is 1.42. The molecule has 0 radical (unpaired) electrons. The molecule has 1 fully saturated rings. The van der Waals surface area contributed by atoms with Gasteiger partial charge in [-0.1, -0.05) is 12.1 Å². The molecule has 0 saturated carbocycles. The highest BCUT2D eigenvalue weighted by Gasteiger charge is 2.42. The minimum Gasteiger partial charge on any atom is -0.394 e. The van der Waals surface area contributed by atoms with Gasteiger partial charge in [0.2, 0.25) is 0 Å². The van der Waals surface area contributed by atoms with E-state index in [2.05, 4.69) is 9.82 Å². The lowest BCUT2D eigenvalue weighted by Gasteiger charge is -2.32. The lowest BCUT2D eigenvalue weighted by molar-refractivity contribution is -0.200. The number of alkyl halides is 3. The second-order valence-corrected chi connectivity index (χ2v) is 8.91. The van der Waals surface area contributed by atoms with Crippen LogP contribution < -0.4 is 10.4 Å². The monoisotopic (exact) mass is 475 g/mol. The molecule has 2 N–H and O–H groups in total. The van der Waals surface area contributed by atoms with E-state index in [4.69, 9.17) is 5.11 Å². The molecule has 8 nitrogen and oxygen atoms in total. The highest BCUT2D eigenvalue weighted by atomic mass is 32.2. The number of β-amino-alcohol motifs (C(OH)–C–C–N with tert-alkyl or cyclic N) is 1. The molecule has 12 heteroatoms. The van der Waals surface area contributed by atoms with Crippen molar-refractivity contribution < 1.29 is 33.0 Å². The van der Waals surface area contributed by atoms with Crippen LogP contribution in [0.1, 0.15) is 24.2 Å². The van der Waals surface area contributed by atoms with Crippen molar-refractivity contribution in [2.75, 3.05) is 26.2 Å². The summed E-state index contributed by atoms with van der Waals surface area (Å²) in [5, 5.41) is 18.7. The number of piperidine rings is 1. The van der Waals surface area contributed by atoms with E-state index in [1.807, 2.05) is 4.90 Å². The van der Waals surface area contributed by atoms with E-state index < -0.39 is 23.8 Å². The number of para-hydroxylation sites is 1. The average Bonchev–Trinajstić information content (AvgIpc) is 2.75. The third kappa shape index (κ3) is 5.80. The average molecular weight is 475 g/mol. The third-order valence-electron chi connectivity index (χ3n) is 5.20. The first-order valence-corrected chi connectivity index (χ1v) is 11.1. The van der Waals surface area contributed by atoms with E-state index in [9.17, 15) is 27.9 Å². The number of carbonyl (C=O) groups is 1. The van der Waals surface area contributed by atoms with Gasteiger partial charge in [0.05, 0.1) is 29.4 Å². The molecule has 1 aliphatic heterocycles. The van der Waals surface area contributed by atoms with Crippen LogP contribution in [0.25, 0.3) is 10.9 Å². The molecule has 0 unspecified atom stereocenters. The fraction of sp³-hybridized carbons (Fsp3) is 0.550. The van der Waals surface area contributed by atoms with Crippen LogP contribution >= 0.6 is 11.8 Å². The first-order valence-electron chi connectivity index (χ1n) is 10.0. The quantitative estimate of drug-likeness (QED) is 0.617. The Morgan fingerprint density at radius 1 is 1.34 bits per heavy atom. The summed E-state index contributed by atoms with van der Waals surface area (Å²) in [5.41, 5.74) is 0.149. The standard InChI is InChI=1S/C20H24F3N3O5S/c1-12-3-2-4-15-17(12)24-16(26(18(15)29)31-19(30)20(21,22)23)11-32-14-5-7-25(8-6-14)9-13(28)10-27/h2-4,13-14,27-28H,5-11H2,1H3/t13-/m0/s1. The molecular formula is C20H24F3N3O5S. The number of hydrogen-bond donors (Lipinski definition) is 2. The molecule has 1 saturated heterocycles. The topological polar surface area (TPSA) is 105 Å². The summed E-state index contributed by atoms with van der Waals surface area (Å²) in [7, 11) is 0. The number of hydrogen-bond acceptors (Lipinski definition) is 8. The lowest BCUT2D eigenvalue weighted by atomic mass is 10.1. The van der Waals surface area contributed by atoms with Crippen LogP contribution in [0.4, 0.5) is 13.2 Å². The molecule has 176 valence electrons. The van der Waals surface area contributed by atoms with Gasteiger partial charge in [0.25, 0.3) is 5.56 Å². The van der Waals surface area contributed by atoms with Crippen LogP contribution in [0.2, 0.25) is 0 Å². The van der Waals surface area contributed by atoms with E-state index >= 15 is 0 Å². The van der Waals surface area contributed by atoms with Gasteiger partial charge in [-0.25, -0.2) is 9.78 Å². The van der Waals surface area contributed by atoms with Gasteiger partial charge >= 0.3 is 12.1 Å². The Morgan fingerprint density at radius 2 is 2.03 bits per heavy atom. The minimum absolute atomic E-state index is 0.0597. The second kappa shape index (κ2) is 10.2. The summed E-state index contributed by atoms with van der Waals surface area (Å²) in [6.45, 7) is 3.17. The zero-order valence-corrected chi connectivity index (χ0v) is 18.2. The fourth-order valence-electron chi connectivity index (χ4n) is 3.51. The number of aliphatic hydroxyl groups is 2. The van der Waals surface area contributed by atoms with Crippen LogP contribution in [-0.4, -0.2) is 74.6 Å². The van der Waals surface area contributed by atoms with Crippen molar-refractivity contribution in [2.45, 2.75) is 43.0 Å². The highest BCUT2D eigenvalue weighted by Crippen LogP contribution is 2.27. The zero-order valence-electron chi connectivity index (χ0n) is 17.3. The number of halogens is 3. The highest BCUT2D eigenvalue weighted by molar-refractivity contribution is 7.99. The summed E-state index contributed by atoms with van der Waals surface area (Å²) in [4.78, 5) is 35.0. The number of aliphatic hydroxyl groups excluding tert-OH is 2. The maximum Gasteiger partial charge on any atom is 0.493 e. The first kappa shape index (κ1) is 24.5. The van der Waals surface area contributed by atoms with Crippen LogP contribution in [-0.2, 0) is 10.5 Å². The maximum absolute atomic E-state index is 12.8. The van der Waals surface area contributed by atoms with Crippen LogP contribution in [0.15, 0.2) is 23.0 Å². The van der Waals surface area contributed by atoms with Crippen molar-refractivity contribution >= 4 is 28.6 Å². The SMILES string of the molecule is Cc1cccc2c(=O)n(OC(=O)C(F)(F)F)c(CSC3CCN(C[C@H](O)CO)CC3)nc12. The van der Waals surface area contributed by atoms with Crippen molar-refractivity contribution in [2.24, 2.45) is 0 Å². The van der Waals surface area contributed by atoms with Crippen LogP contribution in [0.3, 0.4) is 0 Å². The molecule has 32 heavy (non-hydrogen) atoms. The second-order valence-electron chi connectivity index (χ2n) is 7.62. The molecule has 3 rings (SSSR count). The molecule has 2 aromatic rings. The van der Waals surface area contributed by atoms with Crippen LogP contribution in [0, 0.1) is 6.92 Å². The van der Waals surface area contributed by atoms with Gasteiger partial charge in [-0.05, 0) is 44.5 Å². The molecular weight excluding hydrogens is 451 g/mol. The minimum atomic E-state index is -5.25. The molecule has 0 amide bonds. The predicted octanol–water partition coefficient (Wildman–Crippen LogP) is 1.27. The van der Waals surface area contributed by atoms with Crippen molar-refractivity contribution in [3.05, 3.63) is 39.9 Å². The van der Waals surface area contributed by atoms with E-state index in [1.165, 1.54) is 17.8 Å².